The minimum atomic E-state index is -0.626. The average Bonchev–Trinajstić information content (AvgIpc) is 2.44. The van der Waals surface area contributed by atoms with E-state index in [1.807, 2.05) is 27.7 Å². The van der Waals surface area contributed by atoms with Crippen LogP contribution in [-0.2, 0) is 9.53 Å². The Bertz CT molecular complexity index is 549. The summed E-state index contributed by atoms with van der Waals surface area (Å²) >= 11 is 12.1. The Kier molecular flexibility index (Phi) is 8.34. The van der Waals surface area contributed by atoms with Gasteiger partial charge in [-0.2, -0.15) is 0 Å². The third-order valence-corrected chi connectivity index (χ3v) is 4.14. The second kappa shape index (κ2) is 9.50. The zero-order valence-electron chi connectivity index (χ0n) is 14.9. The number of esters is 1. The van der Waals surface area contributed by atoms with Gasteiger partial charge in [0.2, 0.25) is 0 Å². The maximum atomic E-state index is 12.1. The van der Waals surface area contributed by atoms with E-state index in [0.29, 0.717) is 28.1 Å². The fourth-order valence-corrected chi connectivity index (χ4v) is 2.89. The van der Waals surface area contributed by atoms with Crippen LogP contribution in [0.25, 0.3) is 0 Å². The number of hydrogen-bond donors (Lipinski definition) is 1. The summed E-state index contributed by atoms with van der Waals surface area (Å²) in [6.07, 6.45) is -0.219. The second-order valence-electron chi connectivity index (χ2n) is 6.78. The van der Waals surface area contributed by atoms with Gasteiger partial charge in [0.1, 0.15) is 24.0 Å². The van der Waals surface area contributed by atoms with Gasteiger partial charge in [-0.15, -0.1) is 0 Å². The second-order valence-corrected chi connectivity index (χ2v) is 7.62. The van der Waals surface area contributed by atoms with E-state index in [-0.39, 0.29) is 12.0 Å². The summed E-state index contributed by atoms with van der Waals surface area (Å²) in [5.41, 5.74) is 5.88. The molecule has 0 aliphatic heterocycles. The lowest BCUT2D eigenvalue weighted by atomic mass is 10.0. The Morgan fingerprint density at radius 1 is 1.17 bits per heavy atom. The summed E-state index contributed by atoms with van der Waals surface area (Å²) in [4.78, 5) is 12.1. The van der Waals surface area contributed by atoms with Crippen LogP contribution in [-0.4, -0.2) is 24.2 Å². The predicted octanol–water partition coefficient (Wildman–Crippen LogP) is 4.70. The van der Waals surface area contributed by atoms with Gasteiger partial charge in [-0.25, -0.2) is 0 Å². The molecule has 0 aliphatic rings. The smallest absolute Gasteiger partial charge is 0.323 e. The number of benzene rings is 1. The number of rotatable bonds is 8. The Morgan fingerprint density at radius 2 is 1.79 bits per heavy atom. The molecule has 6 heteroatoms. The molecule has 1 aromatic rings. The molecule has 0 aromatic heterocycles. The van der Waals surface area contributed by atoms with Crippen molar-refractivity contribution in [2.24, 2.45) is 17.6 Å². The first-order chi connectivity index (χ1) is 11.1. The average molecular weight is 376 g/mol. The van der Waals surface area contributed by atoms with Gasteiger partial charge in [0.15, 0.2) is 0 Å². The van der Waals surface area contributed by atoms with Crippen molar-refractivity contribution in [2.75, 3.05) is 0 Å². The molecule has 0 unspecified atom stereocenters. The fourth-order valence-electron chi connectivity index (χ4n) is 2.43. The molecule has 0 amide bonds. The summed E-state index contributed by atoms with van der Waals surface area (Å²) in [6, 6.07) is 4.40. The van der Waals surface area contributed by atoms with Gasteiger partial charge in [-0.3, -0.25) is 4.79 Å². The SMILES string of the molecule is CC(C)C[C@H](N)C(=O)O[C@@H](C)[C@H](Oc1ccc(Cl)cc1Cl)C(C)C. The molecule has 0 bridgehead atoms. The normalized spacial score (nSPS) is 15.2. The van der Waals surface area contributed by atoms with Gasteiger partial charge in [-0.05, 0) is 43.4 Å². The highest BCUT2D eigenvalue weighted by Gasteiger charge is 2.29. The number of nitrogens with two attached hydrogens (primary N) is 1. The highest BCUT2D eigenvalue weighted by atomic mass is 35.5. The molecule has 0 saturated carbocycles. The molecule has 1 rings (SSSR count). The van der Waals surface area contributed by atoms with E-state index >= 15 is 0 Å². The molecule has 0 aliphatic carbocycles. The van der Waals surface area contributed by atoms with E-state index in [4.69, 9.17) is 38.4 Å². The Balaban J connectivity index is 2.78. The zero-order valence-corrected chi connectivity index (χ0v) is 16.4. The number of ether oxygens (including phenoxy) is 2. The van der Waals surface area contributed by atoms with E-state index in [9.17, 15) is 4.79 Å². The quantitative estimate of drug-likeness (QED) is 0.668. The highest BCUT2D eigenvalue weighted by molar-refractivity contribution is 6.35. The monoisotopic (exact) mass is 375 g/mol. The fraction of sp³-hybridized carbons (Fsp3) is 0.611. The van der Waals surface area contributed by atoms with Gasteiger partial charge in [0.25, 0.3) is 0 Å². The summed E-state index contributed by atoms with van der Waals surface area (Å²) in [7, 11) is 0. The van der Waals surface area contributed by atoms with E-state index < -0.39 is 18.1 Å². The van der Waals surface area contributed by atoms with Gasteiger partial charge in [-0.1, -0.05) is 50.9 Å². The molecule has 136 valence electrons. The Hall–Kier alpha value is -0.970. The molecule has 0 fully saturated rings. The summed E-state index contributed by atoms with van der Waals surface area (Å²) in [5.74, 6) is 0.538. The summed E-state index contributed by atoms with van der Waals surface area (Å²) < 4.78 is 11.5. The lowest BCUT2D eigenvalue weighted by molar-refractivity contribution is -0.156. The third-order valence-electron chi connectivity index (χ3n) is 3.61. The van der Waals surface area contributed by atoms with Crippen LogP contribution in [0, 0.1) is 11.8 Å². The minimum Gasteiger partial charge on any atom is -0.485 e. The van der Waals surface area contributed by atoms with Gasteiger partial charge in [0.05, 0.1) is 5.02 Å². The van der Waals surface area contributed by atoms with Crippen LogP contribution in [0.3, 0.4) is 0 Å². The molecule has 2 N–H and O–H groups in total. The molecule has 24 heavy (non-hydrogen) atoms. The van der Waals surface area contributed by atoms with Crippen LogP contribution in [0.2, 0.25) is 10.0 Å². The van der Waals surface area contributed by atoms with Gasteiger partial charge >= 0.3 is 5.97 Å². The first-order valence-corrected chi connectivity index (χ1v) is 8.95. The van der Waals surface area contributed by atoms with Crippen LogP contribution in [0.15, 0.2) is 18.2 Å². The summed E-state index contributed by atoms with van der Waals surface area (Å²) in [6.45, 7) is 9.81. The summed E-state index contributed by atoms with van der Waals surface area (Å²) in [5, 5.41) is 0.954. The molecule has 4 nitrogen and oxygen atoms in total. The lowest BCUT2D eigenvalue weighted by Crippen LogP contribution is -2.42. The Labute approximate surface area is 154 Å². The van der Waals surface area contributed by atoms with E-state index in [2.05, 4.69) is 0 Å². The molecule has 0 saturated heterocycles. The first-order valence-electron chi connectivity index (χ1n) is 8.19. The van der Waals surface area contributed by atoms with Crippen molar-refractivity contribution in [2.45, 2.75) is 59.3 Å². The molecule has 0 heterocycles. The number of halogens is 2. The largest absolute Gasteiger partial charge is 0.485 e. The Morgan fingerprint density at radius 3 is 2.29 bits per heavy atom. The van der Waals surface area contributed by atoms with Crippen molar-refractivity contribution >= 4 is 29.2 Å². The van der Waals surface area contributed by atoms with Crippen molar-refractivity contribution in [1.82, 2.24) is 0 Å². The molecule has 0 radical (unpaired) electrons. The highest BCUT2D eigenvalue weighted by Crippen LogP contribution is 2.30. The molecular formula is C18H27Cl2NO3. The van der Waals surface area contributed by atoms with Crippen molar-refractivity contribution in [3.05, 3.63) is 28.2 Å². The van der Waals surface area contributed by atoms with Crippen LogP contribution in [0.1, 0.15) is 41.0 Å². The number of carbonyl (C=O) groups excluding carboxylic acids is 1. The van der Waals surface area contributed by atoms with E-state index in [1.165, 1.54) is 0 Å². The lowest BCUT2D eigenvalue weighted by Gasteiger charge is -2.29. The maximum absolute atomic E-state index is 12.1. The van der Waals surface area contributed by atoms with Crippen LogP contribution in [0.4, 0.5) is 0 Å². The molecule has 0 spiro atoms. The molecule has 1 aromatic carbocycles. The topological polar surface area (TPSA) is 61.6 Å². The minimum absolute atomic E-state index is 0.112. The maximum Gasteiger partial charge on any atom is 0.323 e. The van der Waals surface area contributed by atoms with Gasteiger partial charge < -0.3 is 15.2 Å². The predicted molar refractivity (Wildman–Crippen MR) is 98.7 cm³/mol. The molecular weight excluding hydrogens is 349 g/mol. The van der Waals surface area contributed by atoms with Crippen LogP contribution < -0.4 is 10.5 Å². The zero-order chi connectivity index (χ0) is 18.4. The standard InChI is InChI=1S/C18H27Cl2NO3/c1-10(2)8-15(21)18(22)23-12(5)17(11(3)4)24-16-7-6-13(19)9-14(16)20/h6-7,9-12,15,17H,8,21H2,1-5H3/t12-,15-,17+/m0/s1. The van der Waals surface area contributed by atoms with E-state index in [0.717, 1.165) is 0 Å². The van der Waals surface area contributed by atoms with Crippen molar-refractivity contribution < 1.29 is 14.3 Å². The van der Waals surface area contributed by atoms with Crippen LogP contribution in [0.5, 0.6) is 5.75 Å². The van der Waals surface area contributed by atoms with Crippen molar-refractivity contribution in [1.29, 1.82) is 0 Å². The van der Waals surface area contributed by atoms with Gasteiger partial charge in [0, 0.05) is 5.02 Å². The molecule has 3 atom stereocenters. The van der Waals surface area contributed by atoms with Crippen molar-refractivity contribution in [3.63, 3.8) is 0 Å². The van der Waals surface area contributed by atoms with Crippen molar-refractivity contribution in [3.8, 4) is 5.75 Å². The number of carbonyl (C=O) groups is 1. The van der Waals surface area contributed by atoms with E-state index in [1.54, 1.807) is 25.1 Å². The third kappa shape index (κ3) is 6.50. The first kappa shape index (κ1) is 21.1. The number of hydrogen-bond acceptors (Lipinski definition) is 4. The van der Waals surface area contributed by atoms with Crippen LogP contribution >= 0.6 is 23.2 Å².